The Morgan fingerprint density at radius 3 is 2.47 bits per heavy atom. The van der Waals surface area contributed by atoms with Crippen molar-refractivity contribution in [2.24, 2.45) is 16.6 Å². The van der Waals surface area contributed by atoms with Crippen molar-refractivity contribution in [2.75, 3.05) is 13.2 Å². The number of sulfonamides is 1. The van der Waals surface area contributed by atoms with Crippen LogP contribution in [0, 0.1) is 0 Å². The number of carboxylic acid groups (broad SMARTS) is 1. The SMILES string of the molecule is NC(N)=NOCCCOc1ccc(C[C@H](NS(=O)(=O)c2ccc(Br)s2)C(=O)O)cc1. The molecule has 2 aromatic rings. The number of rotatable bonds is 12. The van der Waals surface area contributed by atoms with E-state index in [1.807, 2.05) is 0 Å². The van der Waals surface area contributed by atoms with Crippen molar-refractivity contribution in [3.05, 3.63) is 45.7 Å². The minimum absolute atomic E-state index is 0.0201. The van der Waals surface area contributed by atoms with Crippen LogP contribution in [0.15, 0.2) is 49.5 Å². The highest BCUT2D eigenvalue weighted by Crippen LogP contribution is 2.26. The number of hydrogen-bond donors (Lipinski definition) is 4. The lowest BCUT2D eigenvalue weighted by Crippen LogP contribution is -2.42. The maximum Gasteiger partial charge on any atom is 0.322 e. The molecule has 0 fully saturated rings. The van der Waals surface area contributed by atoms with Crippen LogP contribution >= 0.6 is 27.3 Å². The maximum atomic E-state index is 12.4. The lowest BCUT2D eigenvalue weighted by molar-refractivity contribution is -0.138. The number of nitrogens with two attached hydrogens (primary N) is 2. The van der Waals surface area contributed by atoms with Gasteiger partial charge in [-0.25, -0.2) is 8.42 Å². The van der Waals surface area contributed by atoms with Crippen LogP contribution in [0.25, 0.3) is 0 Å². The number of thiophene rings is 1. The molecule has 164 valence electrons. The molecule has 1 aromatic carbocycles. The van der Waals surface area contributed by atoms with Crippen LogP contribution in [0.5, 0.6) is 5.75 Å². The summed E-state index contributed by atoms with van der Waals surface area (Å²) in [5, 5.41) is 12.8. The van der Waals surface area contributed by atoms with Gasteiger partial charge in [0.05, 0.1) is 10.4 Å². The van der Waals surface area contributed by atoms with Gasteiger partial charge in [0.15, 0.2) is 0 Å². The van der Waals surface area contributed by atoms with Gasteiger partial charge in [-0.2, -0.15) is 4.72 Å². The molecular weight excluding hydrogens is 500 g/mol. The summed E-state index contributed by atoms with van der Waals surface area (Å²) >= 11 is 4.19. The summed E-state index contributed by atoms with van der Waals surface area (Å²) < 4.78 is 33.2. The molecule has 0 bridgehead atoms. The van der Waals surface area contributed by atoms with Gasteiger partial charge in [0.25, 0.3) is 10.0 Å². The van der Waals surface area contributed by atoms with Crippen molar-refractivity contribution in [1.82, 2.24) is 4.72 Å². The average molecular weight is 521 g/mol. The Morgan fingerprint density at radius 1 is 1.20 bits per heavy atom. The first-order valence-electron chi connectivity index (χ1n) is 8.60. The molecule has 13 heteroatoms. The summed E-state index contributed by atoms with van der Waals surface area (Å²) in [6.07, 6.45) is 0.536. The molecule has 0 spiro atoms. The molecule has 1 heterocycles. The van der Waals surface area contributed by atoms with Gasteiger partial charge in [-0.3, -0.25) is 4.79 Å². The molecule has 0 saturated heterocycles. The summed E-state index contributed by atoms with van der Waals surface area (Å²) in [4.78, 5) is 16.4. The zero-order valence-electron chi connectivity index (χ0n) is 15.7. The molecule has 0 aliphatic carbocycles. The minimum atomic E-state index is -3.94. The smallest absolute Gasteiger partial charge is 0.322 e. The van der Waals surface area contributed by atoms with E-state index >= 15 is 0 Å². The van der Waals surface area contributed by atoms with Crippen LogP contribution in [-0.2, 0) is 26.1 Å². The van der Waals surface area contributed by atoms with Gasteiger partial charge in [0, 0.05) is 6.42 Å². The lowest BCUT2D eigenvalue weighted by Gasteiger charge is -2.14. The van der Waals surface area contributed by atoms with E-state index in [1.165, 1.54) is 6.07 Å². The standard InChI is InChI=1S/C17H21BrN4O6S2/c18-14-6-7-15(29-14)30(25,26)22-13(16(23)24)10-11-2-4-12(5-3-11)27-8-1-9-28-21-17(19)20/h2-7,13,22H,1,8-10H2,(H,23,24)(H4,19,20,21)/t13-/m0/s1. The normalized spacial score (nSPS) is 12.2. The van der Waals surface area contributed by atoms with Gasteiger partial charge in [0.2, 0.25) is 5.96 Å². The molecule has 0 aliphatic rings. The Morgan fingerprint density at radius 2 is 1.90 bits per heavy atom. The number of oxime groups is 1. The van der Waals surface area contributed by atoms with E-state index < -0.39 is 22.0 Å². The quantitative estimate of drug-likeness (QED) is 0.141. The van der Waals surface area contributed by atoms with Crippen molar-refractivity contribution in [2.45, 2.75) is 23.1 Å². The Hall–Kier alpha value is -2.35. The number of aliphatic carboxylic acids is 1. The number of carbonyl (C=O) groups is 1. The Balaban J connectivity index is 1.90. The third kappa shape index (κ3) is 7.82. The molecule has 0 amide bonds. The molecule has 1 aromatic heterocycles. The second kappa shape index (κ2) is 11.2. The summed E-state index contributed by atoms with van der Waals surface area (Å²) in [7, 11) is -3.94. The average Bonchev–Trinajstić information content (AvgIpc) is 3.12. The van der Waals surface area contributed by atoms with E-state index in [0.29, 0.717) is 28.1 Å². The van der Waals surface area contributed by atoms with E-state index in [2.05, 4.69) is 25.8 Å². The van der Waals surface area contributed by atoms with Crippen molar-refractivity contribution >= 4 is 49.2 Å². The molecular formula is C17H21BrN4O6S2. The molecule has 2 rings (SSSR count). The number of nitrogens with one attached hydrogen (secondary N) is 1. The van der Waals surface area contributed by atoms with Gasteiger partial charge in [-0.05, 0) is 57.3 Å². The second-order valence-corrected chi connectivity index (χ2v) is 10.4. The topological polar surface area (TPSA) is 166 Å². The largest absolute Gasteiger partial charge is 0.493 e. The number of benzene rings is 1. The van der Waals surface area contributed by atoms with Crippen LogP contribution in [0.1, 0.15) is 12.0 Å². The van der Waals surface area contributed by atoms with Gasteiger partial charge >= 0.3 is 5.97 Å². The lowest BCUT2D eigenvalue weighted by atomic mass is 10.1. The molecule has 0 aliphatic heterocycles. The Labute approximate surface area is 186 Å². The van der Waals surface area contributed by atoms with Crippen molar-refractivity contribution in [3.8, 4) is 5.75 Å². The first-order valence-corrected chi connectivity index (χ1v) is 11.7. The predicted molar refractivity (Wildman–Crippen MR) is 116 cm³/mol. The van der Waals surface area contributed by atoms with Crippen molar-refractivity contribution in [1.29, 1.82) is 0 Å². The number of guanidine groups is 1. The minimum Gasteiger partial charge on any atom is -0.493 e. The Kier molecular flexibility index (Phi) is 8.89. The van der Waals surface area contributed by atoms with Gasteiger partial charge in [-0.15, -0.1) is 11.3 Å². The third-order valence-electron chi connectivity index (χ3n) is 3.59. The van der Waals surface area contributed by atoms with Crippen LogP contribution in [-0.4, -0.2) is 44.7 Å². The zero-order chi connectivity index (χ0) is 22.1. The maximum absolute atomic E-state index is 12.4. The molecule has 0 unspecified atom stereocenters. The van der Waals surface area contributed by atoms with Crippen molar-refractivity contribution < 1.29 is 27.9 Å². The first-order chi connectivity index (χ1) is 14.2. The van der Waals surface area contributed by atoms with E-state index in [1.54, 1.807) is 30.3 Å². The first kappa shape index (κ1) is 23.9. The van der Waals surface area contributed by atoms with Gasteiger partial charge in [0.1, 0.15) is 22.6 Å². The molecule has 0 radical (unpaired) electrons. The highest BCUT2D eigenvalue weighted by molar-refractivity contribution is 9.11. The molecule has 1 atom stereocenters. The fraction of sp³-hybridized carbons (Fsp3) is 0.294. The number of halogens is 1. The zero-order valence-corrected chi connectivity index (χ0v) is 18.9. The van der Waals surface area contributed by atoms with E-state index in [-0.39, 0.29) is 23.2 Å². The second-order valence-electron chi connectivity index (χ2n) is 5.97. The van der Waals surface area contributed by atoms with Gasteiger partial charge < -0.3 is 26.1 Å². The highest BCUT2D eigenvalue weighted by Gasteiger charge is 2.26. The predicted octanol–water partition coefficient (Wildman–Crippen LogP) is 1.46. The highest BCUT2D eigenvalue weighted by atomic mass is 79.9. The fourth-order valence-electron chi connectivity index (χ4n) is 2.26. The van der Waals surface area contributed by atoms with Gasteiger partial charge in [-0.1, -0.05) is 12.1 Å². The van der Waals surface area contributed by atoms with Crippen LogP contribution < -0.4 is 20.9 Å². The number of ether oxygens (including phenoxy) is 1. The van der Waals surface area contributed by atoms with Crippen LogP contribution in [0.3, 0.4) is 0 Å². The van der Waals surface area contributed by atoms with Crippen molar-refractivity contribution in [3.63, 3.8) is 0 Å². The van der Waals surface area contributed by atoms with E-state index in [0.717, 1.165) is 11.3 Å². The molecule has 6 N–H and O–H groups in total. The number of nitrogens with zero attached hydrogens (tertiary/aromatic N) is 1. The molecule has 10 nitrogen and oxygen atoms in total. The monoisotopic (exact) mass is 520 g/mol. The third-order valence-corrected chi connectivity index (χ3v) is 7.18. The van der Waals surface area contributed by atoms with Crippen LogP contribution in [0.2, 0.25) is 0 Å². The van der Waals surface area contributed by atoms with E-state index in [4.69, 9.17) is 21.0 Å². The Bertz CT molecular complexity index is 974. The fourth-order valence-corrected chi connectivity index (χ4v) is 5.47. The summed E-state index contributed by atoms with van der Waals surface area (Å²) in [5.74, 6) is -0.844. The number of hydrogen-bond acceptors (Lipinski definition) is 7. The number of carboxylic acids is 1. The molecule has 0 saturated carbocycles. The molecule has 30 heavy (non-hydrogen) atoms. The van der Waals surface area contributed by atoms with E-state index in [9.17, 15) is 18.3 Å². The summed E-state index contributed by atoms with van der Waals surface area (Å²) in [6.45, 7) is 0.657. The summed E-state index contributed by atoms with van der Waals surface area (Å²) in [5.41, 5.74) is 10.9. The summed E-state index contributed by atoms with van der Waals surface area (Å²) in [6, 6.07) is 8.39. The van der Waals surface area contributed by atoms with Crippen LogP contribution in [0.4, 0.5) is 0 Å².